The lowest BCUT2D eigenvalue weighted by molar-refractivity contribution is -0.139. The fourth-order valence-corrected chi connectivity index (χ4v) is 0.0781. The number of carboxylic acid groups (broad SMARTS) is 1. The third kappa shape index (κ3) is 3.54. The van der Waals surface area contributed by atoms with Gasteiger partial charge in [0.05, 0.1) is 6.61 Å². The molecular weight excluding hydrogens is 112 g/mol. The Morgan fingerprint density at radius 1 is 1.75 bits per heavy atom. The van der Waals surface area contributed by atoms with Gasteiger partial charge in [0.1, 0.15) is 6.04 Å². The van der Waals surface area contributed by atoms with Crippen molar-refractivity contribution in [2.45, 2.75) is 6.04 Å². The highest BCUT2D eigenvalue weighted by molar-refractivity contribution is 5.73. The van der Waals surface area contributed by atoms with E-state index in [1.54, 1.807) is 0 Å². The minimum absolute atomic E-state index is 0. The van der Waals surface area contributed by atoms with E-state index in [-0.39, 0.29) is 6.15 Å². The number of carboxylic acids is 1. The van der Waals surface area contributed by atoms with Gasteiger partial charge < -0.3 is 22.1 Å². The van der Waals surface area contributed by atoms with E-state index in [1.807, 2.05) is 0 Å². The van der Waals surface area contributed by atoms with Crippen LogP contribution in [0.25, 0.3) is 0 Å². The van der Waals surface area contributed by atoms with Crippen molar-refractivity contribution in [1.82, 2.24) is 6.15 Å². The first-order chi connectivity index (χ1) is 3.18. The first-order valence-electron chi connectivity index (χ1n) is 1.77. The van der Waals surface area contributed by atoms with Crippen LogP contribution in [-0.2, 0) is 4.79 Å². The Morgan fingerprint density at radius 3 is 2.12 bits per heavy atom. The van der Waals surface area contributed by atoms with E-state index in [0.29, 0.717) is 0 Å². The highest BCUT2D eigenvalue weighted by Gasteiger charge is 2.06. The molecule has 0 aliphatic rings. The lowest BCUT2D eigenvalue weighted by atomic mass is 10.3. The van der Waals surface area contributed by atoms with Gasteiger partial charge in [0.15, 0.2) is 0 Å². The van der Waals surface area contributed by atoms with E-state index in [0.717, 1.165) is 0 Å². The molecule has 0 aliphatic heterocycles. The summed E-state index contributed by atoms with van der Waals surface area (Å²) in [6.45, 7) is -0.505. The first kappa shape index (κ1) is 10.4. The lowest BCUT2D eigenvalue weighted by Crippen LogP contribution is -2.33. The Bertz CT molecular complexity index is 74.9. The quantitative estimate of drug-likeness (QED) is 0.357. The molecule has 0 aromatic heterocycles. The summed E-state index contributed by atoms with van der Waals surface area (Å²) in [5, 5.41) is 15.9. The summed E-state index contributed by atoms with van der Waals surface area (Å²) in [7, 11) is 0. The van der Waals surface area contributed by atoms with Gasteiger partial charge in [-0.2, -0.15) is 0 Å². The van der Waals surface area contributed by atoms with Gasteiger partial charge in [-0.25, -0.2) is 0 Å². The van der Waals surface area contributed by atoms with E-state index in [4.69, 9.17) is 15.9 Å². The van der Waals surface area contributed by atoms with E-state index < -0.39 is 18.6 Å². The van der Waals surface area contributed by atoms with Crippen molar-refractivity contribution in [2.24, 2.45) is 5.73 Å². The van der Waals surface area contributed by atoms with E-state index in [1.165, 1.54) is 0 Å². The van der Waals surface area contributed by atoms with Crippen molar-refractivity contribution in [3.63, 3.8) is 0 Å². The number of hydrogen-bond donors (Lipinski definition) is 4. The normalized spacial score (nSPS) is 11.8. The third-order valence-corrected chi connectivity index (χ3v) is 0.514. The molecule has 0 saturated carbocycles. The summed E-state index contributed by atoms with van der Waals surface area (Å²) < 4.78 is 0. The standard InChI is InChI=1S/C3H7NO3.H3N/c4-2(1-5)3(6)7;/h2,5H,1,4H2,(H,6,7);1H3/t2-;/m1./s1. The number of aliphatic carboxylic acids is 1. The topological polar surface area (TPSA) is 119 Å². The van der Waals surface area contributed by atoms with Crippen molar-refractivity contribution < 1.29 is 15.0 Å². The van der Waals surface area contributed by atoms with E-state index in [9.17, 15) is 4.79 Å². The molecule has 0 fully saturated rings. The fourth-order valence-electron chi connectivity index (χ4n) is 0.0781. The van der Waals surface area contributed by atoms with Crippen molar-refractivity contribution in [3.8, 4) is 0 Å². The summed E-state index contributed by atoms with van der Waals surface area (Å²) in [5.74, 6) is -1.18. The van der Waals surface area contributed by atoms with Crippen LogP contribution in [0, 0.1) is 0 Å². The second-order valence-electron chi connectivity index (χ2n) is 1.13. The zero-order chi connectivity index (χ0) is 5.86. The maximum absolute atomic E-state index is 9.65. The molecule has 0 spiro atoms. The van der Waals surface area contributed by atoms with Gasteiger partial charge in [-0.1, -0.05) is 0 Å². The smallest absolute Gasteiger partial charge is 0.322 e. The molecule has 5 nitrogen and oxygen atoms in total. The van der Waals surface area contributed by atoms with Crippen LogP contribution in [0.4, 0.5) is 0 Å². The average Bonchev–Trinajstić information content (AvgIpc) is 1.65. The first-order valence-corrected chi connectivity index (χ1v) is 1.77. The molecule has 1 atom stereocenters. The summed E-state index contributed by atoms with van der Waals surface area (Å²) in [5.41, 5.74) is 4.77. The van der Waals surface area contributed by atoms with Crippen LogP contribution in [0.15, 0.2) is 0 Å². The molecule has 0 amide bonds. The number of rotatable bonds is 2. The highest BCUT2D eigenvalue weighted by atomic mass is 16.4. The van der Waals surface area contributed by atoms with Crippen LogP contribution in [0.1, 0.15) is 0 Å². The maximum Gasteiger partial charge on any atom is 0.322 e. The average molecular weight is 122 g/mol. The van der Waals surface area contributed by atoms with Crippen molar-refractivity contribution in [3.05, 3.63) is 0 Å². The van der Waals surface area contributed by atoms with Gasteiger partial charge >= 0.3 is 5.97 Å². The number of carbonyl (C=O) groups is 1. The Labute approximate surface area is 46.7 Å². The minimum Gasteiger partial charge on any atom is -0.480 e. The van der Waals surface area contributed by atoms with Crippen LogP contribution < -0.4 is 11.9 Å². The molecule has 0 aliphatic carbocycles. The van der Waals surface area contributed by atoms with Crippen LogP contribution in [0.2, 0.25) is 0 Å². The Kier molecular flexibility index (Phi) is 5.83. The third-order valence-electron chi connectivity index (χ3n) is 0.514. The maximum atomic E-state index is 9.65. The SMILES string of the molecule is N.N[C@H](CO)C(=O)O. The zero-order valence-electron chi connectivity index (χ0n) is 4.37. The molecule has 0 unspecified atom stereocenters. The molecule has 7 N–H and O–H groups in total. The molecular formula is C3H10N2O3. The molecule has 0 heterocycles. The predicted octanol–water partition coefficient (Wildman–Crippen LogP) is -1.45. The molecule has 0 aromatic carbocycles. The Hall–Kier alpha value is -0.650. The molecule has 0 bridgehead atoms. The molecule has 0 radical (unpaired) electrons. The number of aliphatic hydroxyl groups excluding tert-OH is 1. The molecule has 0 rings (SSSR count). The van der Waals surface area contributed by atoms with Crippen LogP contribution in [0.3, 0.4) is 0 Å². The number of hydrogen-bond acceptors (Lipinski definition) is 4. The van der Waals surface area contributed by atoms with Gasteiger partial charge in [0.2, 0.25) is 0 Å². The van der Waals surface area contributed by atoms with Crippen molar-refractivity contribution in [2.75, 3.05) is 6.61 Å². The van der Waals surface area contributed by atoms with E-state index in [2.05, 4.69) is 0 Å². The predicted molar refractivity (Wildman–Crippen MR) is 27.7 cm³/mol. The van der Waals surface area contributed by atoms with Crippen molar-refractivity contribution in [1.29, 1.82) is 0 Å². The highest BCUT2D eigenvalue weighted by Crippen LogP contribution is 1.71. The Morgan fingerprint density at radius 2 is 2.12 bits per heavy atom. The van der Waals surface area contributed by atoms with Gasteiger partial charge in [-0.15, -0.1) is 0 Å². The van der Waals surface area contributed by atoms with Gasteiger partial charge in [0.25, 0.3) is 0 Å². The summed E-state index contributed by atoms with van der Waals surface area (Å²) in [4.78, 5) is 9.65. The largest absolute Gasteiger partial charge is 0.480 e. The number of nitrogens with two attached hydrogens (primary N) is 1. The molecule has 0 saturated heterocycles. The number of aliphatic hydroxyl groups is 1. The van der Waals surface area contributed by atoms with E-state index >= 15 is 0 Å². The fraction of sp³-hybridized carbons (Fsp3) is 0.667. The molecule has 50 valence electrons. The molecule has 0 aromatic rings. The van der Waals surface area contributed by atoms with Crippen LogP contribution >= 0.6 is 0 Å². The lowest BCUT2D eigenvalue weighted by Gasteiger charge is -1.96. The summed E-state index contributed by atoms with van der Waals surface area (Å²) >= 11 is 0. The summed E-state index contributed by atoms with van der Waals surface area (Å²) in [6.07, 6.45) is 0. The second kappa shape index (κ2) is 4.51. The zero-order valence-corrected chi connectivity index (χ0v) is 4.37. The van der Waals surface area contributed by atoms with Gasteiger partial charge in [-0.05, 0) is 0 Å². The Balaban J connectivity index is 0. The van der Waals surface area contributed by atoms with Gasteiger partial charge in [-0.3, -0.25) is 4.79 Å². The van der Waals surface area contributed by atoms with Crippen LogP contribution in [0.5, 0.6) is 0 Å². The van der Waals surface area contributed by atoms with Crippen LogP contribution in [-0.4, -0.2) is 28.8 Å². The van der Waals surface area contributed by atoms with Gasteiger partial charge in [0, 0.05) is 0 Å². The second-order valence-corrected chi connectivity index (χ2v) is 1.13. The summed E-state index contributed by atoms with van der Waals surface area (Å²) in [6, 6.07) is -1.13. The minimum atomic E-state index is -1.18. The molecule has 8 heavy (non-hydrogen) atoms. The monoisotopic (exact) mass is 122 g/mol. The molecule has 5 heteroatoms. The van der Waals surface area contributed by atoms with Crippen molar-refractivity contribution >= 4 is 5.97 Å².